The smallest absolute Gasteiger partial charge is 0.285 e. The van der Waals surface area contributed by atoms with Crippen molar-refractivity contribution in [3.05, 3.63) is 51.4 Å². The van der Waals surface area contributed by atoms with Crippen LogP contribution in [0, 0.1) is 5.92 Å². The molecule has 0 saturated carbocycles. The Morgan fingerprint density at radius 2 is 2.12 bits per heavy atom. The van der Waals surface area contributed by atoms with Crippen LogP contribution in [0.1, 0.15) is 27.5 Å². The van der Waals surface area contributed by atoms with Crippen LogP contribution in [0.25, 0.3) is 0 Å². The highest BCUT2D eigenvalue weighted by molar-refractivity contribution is 7.90. The number of nitrogens with zero attached hydrogens (tertiary/aromatic N) is 2. The molecule has 1 amide bonds. The number of aromatic nitrogens is 2. The molecule has 1 aliphatic heterocycles. The lowest BCUT2D eigenvalue weighted by Gasteiger charge is -2.23. The molecule has 2 heterocycles. The third-order valence-corrected chi connectivity index (χ3v) is 5.98. The lowest BCUT2D eigenvalue weighted by Crippen LogP contribution is -2.34. The van der Waals surface area contributed by atoms with Gasteiger partial charge in [0.1, 0.15) is 5.56 Å². The van der Waals surface area contributed by atoms with E-state index in [1.165, 1.54) is 17.9 Å². The summed E-state index contributed by atoms with van der Waals surface area (Å²) in [6.45, 7) is 0.305. The molecule has 1 saturated heterocycles. The average Bonchev–Trinajstić information content (AvgIpc) is 3.20. The van der Waals surface area contributed by atoms with Crippen LogP contribution in [0.15, 0.2) is 34.1 Å². The lowest BCUT2D eigenvalue weighted by atomic mass is 10.0. The van der Waals surface area contributed by atoms with Gasteiger partial charge in [-0.25, -0.2) is 13.5 Å². The number of aromatic amines is 1. The van der Waals surface area contributed by atoms with E-state index in [-0.39, 0.29) is 16.4 Å². The number of carbonyl (C=O) groups is 1. The first kappa shape index (κ1) is 16.1. The minimum absolute atomic E-state index is 0.0235. The highest BCUT2D eigenvalue weighted by Crippen LogP contribution is 2.47. The molecule has 2 atom stereocenters. The second-order valence-electron chi connectivity index (χ2n) is 6.49. The highest BCUT2D eigenvalue weighted by atomic mass is 32.2. The molecular formula is C16H17N3O5S. The van der Waals surface area contributed by atoms with Crippen molar-refractivity contribution in [2.45, 2.75) is 17.4 Å². The van der Waals surface area contributed by atoms with E-state index in [0.717, 1.165) is 16.9 Å². The van der Waals surface area contributed by atoms with E-state index in [9.17, 15) is 18.0 Å². The second-order valence-corrected chi connectivity index (χ2v) is 8.47. The van der Waals surface area contributed by atoms with Crippen LogP contribution in [0.5, 0.6) is 0 Å². The molecule has 0 spiro atoms. The van der Waals surface area contributed by atoms with Gasteiger partial charge in [0.05, 0.1) is 17.5 Å². The van der Waals surface area contributed by atoms with Gasteiger partial charge in [0.15, 0.2) is 9.84 Å². The van der Waals surface area contributed by atoms with E-state index in [1.807, 2.05) is 6.07 Å². The number of rotatable bonds is 2. The molecule has 2 aromatic rings. The molecule has 1 aromatic carbocycles. The van der Waals surface area contributed by atoms with Crippen molar-refractivity contribution in [2.24, 2.45) is 13.0 Å². The predicted molar refractivity (Wildman–Crippen MR) is 87.6 cm³/mol. The molecule has 0 bridgehead atoms. The quantitative estimate of drug-likeness (QED) is 0.833. The van der Waals surface area contributed by atoms with E-state index in [4.69, 9.17) is 4.84 Å². The van der Waals surface area contributed by atoms with Gasteiger partial charge in [-0.05, 0) is 23.6 Å². The monoisotopic (exact) mass is 363 g/mol. The Morgan fingerprint density at radius 1 is 1.36 bits per heavy atom. The van der Waals surface area contributed by atoms with Crippen LogP contribution in [-0.2, 0) is 28.1 Å². The number of benzene rings is 1. The topological polar surface area (TPSA) is 101 Å². The molecule has 8 nitrogen and oxygen atoms in total. The summed E-state index contributed by atoms with van der Waals surface area (Å²) in [5.74, 6) is -0.588. The SMILES string of the molecule is Cn1[nH]cc(C(=O)N2OCC3Cc4cccc(S(C)(=O)=O)c4C32)c1=O. The summed E-state index contributed by atoms with van der Waals surface area (Å²) in [6.07, 6.45) is 3.12. The maximum absolute atomic E-state index is 12.8. The summed E-state index contributed by atoms with van der Waals surface area (Å²) in [6, 6.07) is 4.63. The van der Waals surface area contributed by atoms with Crippen LogP contribution in [0.2, 0.25) is 0 Å². The van der Waals surface area contributed by atoms with Crippen molar-refractivity contribution in [3.63, 3.8) is 0 Å². The third kappa shape index (κ3) is 2.34. The van der Waals surface area contributed by atoms with Crippen molar-refractivity contribution >= 4 is 15.7 Å². The van der Waals surface area contributed by atoms with Gasteiger partial charge in [0.2, 0.25) is 0 Å². The number of fused-ring (bicyclic) bond motifs is 3. The molecule has 132 valence electrons. The summed E-state index contributed by atoms with van der Waals surface area (Å²) in [4.78, 5) is 30.6. The molecular weight excluding hydrogens is 346 g/mol. The van der Waals surface area contributed by atoms with E-state index >= 15 is 0 Å². The highest BCUT2D eigenvalue weighted by Gasteiger charge is 2.47. The Morgan fingerprint density at radius 3 is 2.76 bits per heavy atom. The Kier molecular flexibility index (Phi) is 3.41. The summed E-state index contributed by atoms with van der Waals surface area (Å²) in [7, 11) is -1.94. The lowest BCUT2D eigenvalue weighted by molar-refractivity contribution is -0.0970. The number of aryl methyl sites for hydroxylation is 1. The van der Waals surface area contributed by atoms with Gasteiger partial charge in [-0.3, -0.25) is 19.1 Å². The number of hydroxylamine groups is 2. The van der Waals surface area contributed by atoms with Crippen LogP contribution in [-0.4, -0.2) is 42.0 Å². The summed E-state index contributed by atoms with van der Waals surface area (Å²) in [5, 5.41) is 3.82. The van der Waals surface area contributed by atoms with Crippen LogP contribution < -0.4 is 5.56 Å². The molecule has 1 aromatic heterocycles. The molecule has 1 aliphatic carbocycles. The number of nitrogens with one attached hydrogen (secondary N) is 1. The van der Waals surface area contributed by atoms with Crippen LogP contribution in [0.4, 0.5) is 0 Å². The number of H-pyrrole nitrogens is 1. The first-order chi connectivity index (χ1) is 11.8. The van der Waals surface area contributed by atoms with Crippen molar-refractivity contribution in [1.82, 2.24) is 14.8 Å². The van der Waals surface area contributed by atoms with Gasteiger partial charge < -0.3 is 5.10 Å². The zero-order chi connectivity index (χ0) is 17.9. The van der Waals surface area contributed by atoms with Crippen molar-refractivity contribution < 1.29 is 18.0 Å². The number of hydrogen-bond acceptors (Lipinski definition) is 5. The fourth-order valence-electron chi connectivity index (χ4n) is 3.69. The van der Waals surface area contributed by atoms with Gasteiger partial charge in [0, 0.05) is 25.4 Å². The number of sulfone groups is 1. The number of amides is 1. The van der Waals surface area contributed by atoms with Gasteiger partial charge in [-0.2, -0.15) is 0 Å². The Hall–Kier alpha value is -2.39. The predicted octanol–water partition coefficient (Wildman–Crippen LogP) is 0.418. The molecule has 0 radical (unpaired) electrons. The van der Waals surface area contributed by atoms with Crippen molar-refractivity contribution in [1.29, 1.82) is 0 Å². The van der Waals surface area contributed by atoms with E-state index in [1.54, 1.807) is 12.1 Å². The van der Waals surface area contributed by atoms with Crippen LogP contribution in [0.3, 0.4) is 0 Å². The summed E-state index contributed by atoms with van der Waals surface area (Å²) in [5.41, 5.74) is 1.02. The first-order valence-electron chi connectivity index (χ1n) is 7.81. The minimum Gasteiger partial charge on any atom is -0.302 e. The standard InChI is InChI=1S/C16H17N3O5S/c1-18-15(20)11(7-17-18)16(21)19-14-10(8-24-19)6-9-4-3-5-12(13(9)14)25(2,22)23/h3-5,7,10,14,17H,6,8H2,1-2H3. The summed E-state index contributed by atoms with van der Waals surface area (Å²) >= 11 is 0. The fraction of sp³-hybridized carbons (Fsp3) is 0.375. The molecule has 2 aliphatic rings. The van der Waals surface area contributed by atoms with Gasteiger partial charge in [-0.1, -0.05) is 12.1 Å². The first-order valence-corrected chi connectivity index (χ1v) is 9.71. The minimum atomic E-state index is -3.45. The normalized spacial score (nSPS) is 22.1. The molecule has 9 heteroatoms. The molecule has 4 rings (SSSR count). The van der Waals surface area contributed by atoms with E-state index < -0.39 is 27.3 Å². The Balaban J connectivity index is 1.81. The molecule has 1 N–H and O–H groups in total. The van der Waals surface area contributed by atoms with Crippen molar-refractivity contribution in [3.8, 4) is 0 Å². The largest absolute Gasteiger partial charge is 0.302 e. The van der Waals surface area contributed by atoms with E-state index in [2.05, 4.69) is 5.10 Å². The zero-order valence-electron chi connectivity index (χ0n) is 13.7. The fourth-order valence-corrected chi connectivity index (χ4v) is 4.67. The maximum Gasteiger partial charge on any atom is 0.285 e. The Labute approximate surface area is 143 Å². The molecule has 1 fully saturated rings. The van der Waals surface area contributed by atoms with Gasteiger partial charge in [-0.15, -0.1) is 0 Å². The second kappa shape index (κ2) is 5.30. The Bertz CT molecular complexity index is 1040. The number of hydrogen-bond donors (Lipinski definition) is 1. The van der Waals surface area contributed by atoms with Gasteiger partial charge >= 0.3 is 0 Å². The van der Waals surface area contributed by atoms with Crippen LogP contribution >= 0.6 is 0 Å². The number of carbonyl (C=O) groups excluding carboxylic acids is 1. The molecule has 25 heavy (non-hydrogen) atoms. The maximum atomic E-state index is 12.8. The third-order valence-electron chi connectivity index (χ3n) is 4.83. The molecule has 2 unspecified atom stereocenters. The van der Waals surface area contributed by atoms with E-state index in [0.29, 0.717) is 18.6 Å². The van der Waals surface area contributed by atoms with Gasteiger partial charge in [0.25, 0.3) is 11.5 Å². The zero-order valence-corrected chi connectivity index (χ0v) is 14.5. The van der Waals surface area contributed by atoms with Crippen molar-refractivity contribution in [2.75, 3.05) is 12.9 Å². The average molecular weight is 363 g/mol. The summed E-state index contributed by atoms with van der Waals surface area (Å²) < 4.78 is 25.6.